The van der Waals surface area contributed by atoms with Crippen LogP contribution in [0.3, 0.4) is 0 Å². The molecule has 9 heavy (non-hydrogen) atoms. The molecule has 0 aromatic rings. The van der Waals surface area contributed by atoms with E-state index < -0.39 is 0 Å². The van der Waals surface area contributed by atoms with E-state index in [0.717, 1.165) is 12.8 Å². The van der Waals surface area contributed by atoms with Crippen LogP contribution in [-0.4, -0.2) is 0 Å². The van der Waals surface area contributed by atoms with E-state index in [1.807, 2.05) is 6.92 Å². The molecule has 0 aliphatic heterocycles. The van der Waals surface area contributed by atoms with Crippen LogP contribution in [0.2, 0.25) is 0 Å². The molecule has 0 amide bonds. The summed E-state index contributed by atoms with van der Waals surface area (Å²) in [6.07, 6.45) is 8.36. The Balaban J connectivity index is 3.49. The predicted octanol–water partition coefficient (Wildman–Crippen LogP) is 3.12. The van der Waals surface area contributed by atoms with E-state index in [-0.39, 0.29) is 0 Å². The van der Waals surface area contributed by atoms with E-state index in [0.29, 0.717) is 0 Å². The van der Waals surface area contributed by atoms with Gasteiger partial charge in [0, 0.05) is 0 Å². The van der Waals surface area contributed by atoms with E-state index in [9.17, 15) is 0 Å². The third-order valence-electron chi connectivity index (χ3n) is 1.17. The smallest absolute Gasteiger partial charge is 0.0142 e. The lowest BCUT2D eigenvalue weighted by Crippen LogP contribution is -1.70. The SMILES string of the molecule is [CH2]C/C=C(\C)C/C=C/C. The van der Waals surface area contributed by atoms with Crippen LogP contribution in [0.1, 0.15) is 26.7 Å². The molecule has 0 atom stereocenters. The fraction of sp³-hybridized carbons (Fsp3) is 0.444. The molecule has 0 rings (SSSR count). The van der Waals surface area contributed by atoms with Gasteiger partial charge in [-0.1, -0.05) is 23.8 Å². The Hall–Kier alpha value is -0.520. The average Bonchev–Trinajstić information content (AvgIpc) is 1.85. The Morgan fingerprint density at radius 3 is 2.67 bits per heavy atom. The fourth-order valence-corrected chi connectivity index (χ4v) is 0.633. The van der Waals surface area contributed by atoms with Gasteiger partial charge < -0.3 is 0 Å². The van der Waals surface area contributed by atoms with Crippen molar-refractivity contribution in [2.75, 3.05) is 0 Å². The van der Waals surface area contributed by atoms with E-state index in [2.05, 4.69) is 32.1 Å². The van der Waals surface area contributed by atoms with Crippen molar-refractivity contribution in [3.05, 3.63) is 30.7 Å². The van der Waals surface area contributed by atoms with Crippen molar-refractivity contribution < 1.29 is 0 Å². The lowest BCUT2D eigenvalue weighted by atomic mass is 10.2. The Bertz CT molecular complexity index is 107. The monoisotopic (exact) mass is 123 g/mol. The van der Waals surface area contributed by atoms with Crippen molar-refractivity contribution in [1.29, 1.82) is 0 Å². The first-order chi connectivity index (χ1) is 4.31. The summed E-state index contributed by atoms with van der Waals surface area (Å²) in [5.74, 6) is 0. The number of allylic oxidation sites excluding steroid dienone is 4. The van der Waals surface area contributed by atoms with Crippen LogP contribution in [0, 0.1) is 6.92 Å². The zero-order valence-corrected chi connectivity index (χ0v) is 6.35. The van der Waals surface area contributed by atoms with Gasteiger partial charge in [0.15, 0.2) is 0 Å². The van der Waals surface area contributed by atoms with Gasteiger partial charge in [0.25, 0.3) is 0 Å². The molecule has 0 nitrogen and oxygen atoms in total. The van der Waals surface area contributed by atoms with Gasteiger partial charge in [-0.05, 0) is 33.6 Å². The number of hydrogen-bond acceptors (Lipinski definition) is 0. The Labute approximate surface area is 58.3 Å². The first kappa shape index (κ1) is 8.48. The first-order valence-electron chi connectivity index (χ1n) is 3.37. The summed E-state index contributed by atoms with van der Waals surface area (Å²) < 4.78 is 0. The summed E-state index contributed by atoms with van der Waals surface area (Å²) in [7, 11) is 0. The number of hydrogen-bond donors (Lipinski definition) is 0. The first-order valence-corrected chi connectivity index (χ1v) is 3.37. The Morgan fingerprint density at radius 1 is 1.56 bits per heavy atom. The summed E-state index contributed by atoms with van der Waals surface area (Å²) >= 11 is 0. The normalized spacial score (nSPS) is 13.0. The van der Waals surface area contributed by atoms with Crippen LogP contribution >= 0.6 is 0 Å². The molecule has 0 saturated heterocycles. The highest BCUT2D eigenvalue weighted by Crippen LogP contribution is 2.01. The highest BCUT2D eigenvalue weighted by atomic mass is 13.9. The topological polar surface area (TPSA) is 0 Å². The zero-order chi connectivity index (χ0) is 7.11. The molecule has 0 N–H and O–H groups in total. The molecular weight excluding hydrogens is 108 g/mol. The average molecular weight is 123 g/mol. The van der Waals surface area contributed by atoms with Crippen LogP contribution < -0.4 is 0 Å². The minimum absolute atomic E-state index is 0.906. The van der Waals surface area contributed by atoms with Gasteiger partial charge in [0.05, 0.1) is 0 Å². The maximum atomic E-state index is 3.73. The highest BCUT2D eigenvalue weighted by molar-refractivity contribution is 5.03. The fourth-order valence-electron chi connectivity index (χ4n) is 0.633. The van der Waals surface area contributed by atoms with Crippen LogP contribution in [0.25, 0.3) is 0 Å². The molecule has 0 fully saturated rings. The third kappa shape index (κ3) is 5.35. The molecule has 0 spiro atoms. The van der Waals surface area contributed by atoms with E-state index in [1.54, 1.807) is 0 Å². The largest absolute Gasteiger partial charge is 0.0913 e. The van der Waals surface area contributed by atoms with E-state index in [1.165, 1.54) is 5.57 Å². The van der Waals surface area contributed by atoms with Gasteiger partial charge in [-0.15, -0.1) is 0 Å². The summed E-state index contributed by atoms with van der Waals surface area (Å²) in [6, 6.07) is 0. The van der Waals surface area contributed by atoms with E-state index >= 15 is 0 Å². The van der Waals surface area contributed by atoms with Crippen molar-refractivity contribution in [2.45, 2.75) is 26.7 Å². The molecular formula is C9H15. The third-order valence-corrected chi connectivity index (χ3v) is 1.17. The summed E-state index contributed by atoms with van der Waals surface area (Å²) in [6.45, 7) is 7.90. The van der Waals surface area contributed by atoms with Crippen LogP contribution in [0.4, 0.5) is 0 Å². The van der Waals surface area contributed by atoms with Crippen LogP contribution in [-0.2, 0) is 0 Å². The predicted molar refractivity (Wildman–Crippen MR) is 43.2 cm³/mol. The zero-order valence-electron chi connectivity index (χ0n) is 6.35. The molecule has 0 heterocycles. The summed E-state index contributed by atoms with van der Waals surface area (Å²) in [5, 5.41) is 0. The van der Waals surface area contributed by atoms with Crippen molar-refractivity contribution in [3.63, 3.8) is 0 Å². The van der Waals surface area contributed by atoms with Crippen molar-refractivity contribution >= 4 is 0 Å². The molecule has 0 aliphatic rings. The molecule has 0 aromatic heterocycles. The van der Waals surface area contributed by atoms with Gasteiger partial charge >= 0.3 is 0 Å². The molecule has 1 radical (unpaired) electrons. The van der Waals surface area contributed by atoms with Crippen molar-refractivity contribution in [2.24, 2.45) is 0 Å². The molecule has 0 aromatic carbocycles. The molecule has 0 aliphatic carbocycles. The second-order valence-electron chi connectivity index (χ2n) is 2.11. The van der Waals surface area contributed by atoms with Gasteiger partial charge in [0.2, 0.25) is 0 Å². The molecule has 51 valence electrons. The number of rotatable bonds is 3. The standard InChI is InChI=1S/C9H15/c1-4-6-8-9(3)7-5-2/h4,6-7H,2,5,8H2,1,3H3/b6-4+,9-7+. The Kier molecular flexibility index (Phi) is 5.29. The van der Waals surface area contributed by atoms with Gasteiger partial charge in [-0.25, -0.2) is 0 Å². The van der Waals surface area contributed by atoms with E-state index in [4.69, 9.17) is 0 Å². The Morgan fingerprint density at radius 2 is 2.22 bits per heavy atom. The summed E-state index contributed by atoms with van der Waals surface area (Å²) in [4.78, 5) is 0. The quantitative estimate of drug-likeness (QED) is 0.506. The van der Waals surface area contributed by atoms with Gasteiger partial charge in [0.1, 0.15) is 0 Å². The maximum absolute atomic E-state index is 3.73. The van der Waals surface area contributed by atoms with Crippen LogP contribution in [0.15, 0.2) is 23.8 Å². The minimum atomic E-state index is 0.906. The van der Waals surface area contributed by atoms with Gasteiger partial charge in [-0.2, -0.15) is 0 Å². The second kappa shape index (κ2) is 5.61. The lowest BCUT2D eigenvalue weighted by molar-refractivity contribution is 1.17. The maximum Gasteiger partial charge on any atom is -0.0142 e. The highest BCUT2D eigenvalue weighted by Gasteiger charge is 1.80. The molecule has 0 saturated carbocycles. The van der Waals surface area contributed by atoms with Crippen molar-refractivity contribution in [1.82, 2.24) is 0 Å². The van der Waals surface area contributed by atoms with Crippen LogP contribution in [0.5, 0.6) is 0 Å². The van der Waals surface area contributed by atoms with Crippen molar-refractivity contribution in [3.8, 4) is 0 Å². The molecule has 0 heteroatoms. The minimum Gasteiger partial charge on any atom is -0.0913 e. The lowest BCUT2D eigenvalue weighted by Gasteiger charge is -1.91. The molecule has 0 bridgehead atoms. The second-order valence-corrected chi connectivity index (χ2v) is 2.11. The molecule has 0 unspecified atom stereocenters. The van der Waals surface area contributed by atoms with Gasteiger partial charge in [-0.3, -0.25) is 0 Å². The summed E-state index contributed by atoms with van der Waals surface area (Å²) in [5.41, 5.74) is 1.41.